The highest BCUT2D eigenvalue weighted by Crippen LogP contribution is 2.39. The Labute approximate surface area is 173 Å². The van der Waals surface area contributed by atoms with Crippen LogP contribution in [0.5, 0.6) is 5.75 Å². The van der Waals surface area contributed by atoms with Crippen LogP contribution in [0, 0.1) is 12.8 Å². The van der Waals surface area contributed by atoms with Gasteiger partial charge < -0.3 is 9.64 Å². The summed E-state index contributed by atoms with van der Waals surface area (Å²) in [6.07, 6.45) is 0. The van der Waals surface area contributed by atoms with Crippen LogP contribution in [0.1, 0.15) is 42.0 Å². The molecule has 4 nitrogen and oxygen atoms in total. The number of para-hydroxylation sites is 1. The summed E-state index contributed by atoms with van der Waals surface area (Å²) in [5.74, 6) is 1.85. The van der Waals surface area contributed by atoms with Crippen molar-refractivity contribution in [2.75, 3.05) is 26.7 Å². The SMILES string of the molecule is COc1ccccc1C1CN(Cc2ccc(C)s2)CC1CN(C(C)=O)C(C)C. The van der Waals surface area contributed by atoms with Crippen LogP contribution >= 0.6 is 11.3 Å². The average Bonchev–Trinajstić information content (AvgIpc) is 3.25. The van der Waals surface area contributed by atoms with E-state index in [0.717, 1.165) is 31.9 Å². The molecule has 0 radical (unpaired) electrons. The van der Waals surface area contributed by atoms with Crippen LogP contribution in [-0.4, -0.2) is 48.5 Å². The fourth-order valence-corrected chi connectivity index (χ4v) is 5.28. The number of methoxy groups -OCH3 is 1. The molecule has 1 aromatic heterocycles. The summed E-state index contributed by atoms with van der Waals surface area (Å²) in [7, 11) is 1.74. The van der Waals surface area contributed by atoms with Crippen LogP contribution in [-0.2, 0) is 11.3 Å². The number of likely N-dealkylation sites (tertiary alicyclic amines) is 1. The van der Waals surface area contributed by atoms with Crippen molar-refractivity contribution in [2.24, 2.45) is 5.92 Å². The standard InChI is InChI=1S/C23H32N2O2S/c1-16(2)25(18(4)26)13-19-12-24(14-20-11-10-17(3)28-20)15-22(19)21-8-6-7-9-23(21)27-5/h6-11,16,19,22H,12-15H2,1-5H3. The maximum Gasteiger partial charge on any atom is 0.219 e. The molecule has 2 heterocycles. The molecule has 1 saturated heterocycles. The molecule has 28 heavy (non-hydrogen) atoms. The molecule has 3 rings (SSSR count). The Morgan fingerprint density at radius 1 is 1.25 bits per heavy atom. The smallest absolute Gasteiger partial charge is 0.219 e. The number of thiophene rings is 1. The second-order valence-electron chi connectivity index (χ2n) is 8.08. The summed E-state index contributed by atoms with van der Waals surface area (Å²) in [5, 5.41) is 0. The van der Waals surface area contributed by atoms with Crippen LogP contribution < -0.4 is 4.74 Å². The minimum absolute atomic E-state index is 0.154. The molecular weight excluding hydrogens is 368 g/mol. The largest absolute Gasteiger partial charge is 0.496 e. The zero-order valence-corrected chi connectivity index (χ0v) is 18.5. The fourth-order valence-electron chi connectivity index (χ4n) is 4.35. The Balaban J connectivity index is 1.85. The van der Waals surface area contributed by atoms with Gasteiger partial charge in [-0.25, -0.2) is 0 Å². The van der Waals surface area contributed by atoms with E-state index in [2.05, 4.69) is 49.9 Å². The highest BCUT2D eigenvalue weighted by molar-refractivity contribution is 7.11. The van der Waals surface area contributed by atoms with Crippen LogP contribution in [0.15, 0.2) is 36.4 Å². The third kappa shape index (κ3) is 4.76. The molecule has 1 aliphatic rings. The van der Waals surface area contributed by atoms with E-state index in [1.807, 2.05) is 28.4 Å². The van der Waals surface area contributed by atoms with Gasteiger partial charge in [0.1, 0.15) is 5.75 Å². The lowest BCUT2D eigenvalue weighted by Crippen LogP contribution is -2.40. The molecule has 0 N–H and O–H groups in total. The summed E-state index contributed by atoms with van der Waals surface area (Å²) in [5.41, 5.74) is 1.26. The molecule has 152 valence electrons. The van der Waals surface area contributed by atoms with E-state index in [4.69, 9.17) is 4.74 Å². The van der Waals surface area contributed by atoms with E-state index in [-0.39, 0.29) is 11.9 Å². The number of hydrogen-bond acceptors (Lipinski definition) is 4. The molecule has 5 heteroatoms. The maximum atomic E-state index is 12.2. The minimum Gasteiger partial charge on any atom is -0.496 e. The number of benzene rings is 1. The molecule has 2 atom stereocenters. The number of ether oxygens (including phenoxy) is 1. The lowest BCUT2D eigenvalue weighted by atomic mass is 9.87. The van der Waals surface area contributed by atoms with Gasteiger partial charge in [0.05, 0.1) is 7.11 Å². The quantitative estimate of drug-likeness (QED) is 0.684. The molecule has 2 unspecified atom stereocenters. The lowest BCUT2D eigenvalue weighted by molar-refractivity contribution is -0.131. The van der Waals surface area contributed by atoms with Gasteiger partial charge >= 0.3 is 0 Å². The molecule has 2 aromatic rings. The van der Waals surface area contributed by atoms with Crippen molar-refractivity contribution in [3.63, 3.8) is 0 Å². The molecule has 0 saturated carbocycles. The van der Waals surface area contributed by atoms with E-state index in [0.29, 0.717) is 11.8 Å². The Bertz CT molecular complexity index is 801. The summed E-state index contributed by atoms with van der Waals surface area (Å²) in [4.78, 5) is 19.5. The predicted molar refractivity (Wildman–Crippen MR) is 116 cm³/mol. The van der Waals surface area contributed by atoms with Crippen molar-refractivity contribution in [3.05, 3.63) is 51.7 Å². The number of nitrogens with zero attached hydrogens (tertiary/aromatic N) is 2. The van der Waals surface area contributed by atoms with E-state index >= 15 is 0 Å². The zero-order valence-electron chi connectivity index (χ0n) is 17.6. The number of rotatable bonds is 7. The minimum atomic E-state index is 0.154. The van der Waals surface area contributed by atoms with Gasteiger partial charge in [0.25, 0.3) is 0 Å². The maximum absolute atomic E-state index is 12.2. The molecule has 1 amide bonds. The van der Waals surface area contributed by atoms with Crippen LogP contribution in [0.25, 0.3) is 0 Å². The predicted octanol–water partition coefficient (Wildman–Crippen LogP) is 4.54. The fraction of sp³-hybridized carbons (Fsp3) is 0.522. The highest BCUT2D eigenvalue weighted by Gasteiger charge is 2.37. The number of carbonyl (C=O) groups excluding carboxylic acids is 1. The topological polar surface area (TPSA) is 32.8 Å². The van der Waals surface area contributed by atoms with Gasteiger partial charge in [-0.2, -0.15) is 0 Å². The number of carbonyl (C=O) groups is 1. The Kier molecular flexibility index (Phi) is 6.78. The van der Waals surface area contributed by atoms with Crippen molar-refractivity contribution in [1.82, 2.24) is 9.80 Å². The number of hydrogen-bond donors (Lipinski definition) is 0. The third-order valence-electron chi connectivity index (χ3n) is 5.69. The molecule has 0 bridgehead atoms. The summed E-state index contributed by atoms with van der Waals surface area (Å²) in [6, 6.07) is 13.0. The van der Waals surface area contributed by atoms with E-state index in [1.54, 1.807) is 14.0 Å². The number of amides is 1. The third-order valence-corrected chi connectivity index (χ3v) is 6.67. The highest BCUT2D eigenvalue weighted by atomic mass is 32.1. The van der Waals surface area contributed by atoms with Gasteiger partial charge in [-0.05, 0) is 50.5 Å². The molecule has 0 aliphatic carbocycles. The van der Waals surface area contributed by atoms with Crippen molar-refractivity contribution < 1.29 is 9.53 Å². The Morgan fingerprint density at radius 3 is 2.61 bits per heavy atom. The van der Waals surface area contributed by atoms with Crippen molar-refractivity contribution in [1.29, 1.82) is 0 Å². The zero-order chi connectivity index (χ0) is 20.3. The summed E-state index contributed by atoms with van der Waals surface area (Å²) < 4.78 is 5.67. The van der Waals surface area contributed by atoms with Crippen LogP contribution in [0.4, 0.5) is 0 Å². The normalized spacial score (nSPS) is 19.9. The van der Waals surface area contributed by atoms with Crippen LogP contribution in [0.3, 0.4) is 0 Å². The molecule has 0 spiro atoms. The monoisotopic (exact) mass is 400 g/mol. The molecule has 1 aliphatic heterocycles. The van der Waals surface area contributed by atoms with E-state index in [1.165, 1.54) is 15.3 Å². The van der Waals surface area contributed by atoms with Crippen molar-refractivity contribution >= 4 is 17.2 Å². The van der Waals surface area contributed by atoms with E-state index < -0.39 is 0 Å². The van der Waals surface area contributed by atoms with Gasteiger partial charge in [0.15, 0.2) is 0 Å². The molecule has 1 aromatic carbocycles. The second kappa shape index (κ2) is 9.10. The van der Waals surface area contributed by atoms with E-state index in [9.17, 15) is 4.79 Å². The molecule has 1 fully saturated rings. The first kappa shape index (κ1) is 20.9. The first-order valence-corrected chi connectivity index (χ1v) is 10.9. The van der Waals surface area contributed by atoms with Gasteiger partial charge in [-0.3, -0.25) is 9.69 Å². The van der Waals surface area contributed by atoms with Gasteiger partial charge in [-0.1, -0.05) is 18.2 Å². The second-order valence-corrected chi connectivity index (χ2v) is 9.45. The number of aryl methyl sites for hydroxylation is 1. The Hall–Kier alpha value is -1.85. The molecular formula is C23H32N2O2S. The average molecular weight is 401 g/mol. The van der Waals surface area contributed by atoms with Gasteiger partial charge in [-0.15, -0.1) is 11.3 Å². The van der Waals surface area contributed by atoms with Crippen molar-refractivity contribution in [3.8, 4) is 5.75 Å². The van der Waals surface area contributed by atoms with Crippen molar-refractivity contribution in [2.45, 2.75) is 46.2 Å². The summed E-state index contributed by atoms with van der Waals surface area (Å²) >= 11 is 1.87. The first-order chi connectivity index (χ1) is 13.4. The lowest BCUT2D eigenvalue weighted by Gasteiger charge is -2.31. The Morgan fingerprint density at radius 2 is 2.00 bits per heavy atom. The van der Waals surface area contributed by atoms with Gasteiger partial charge in [0.2, 0.25) is 5.91 Å². The summed E-state index contributed by atoms with van der Waals surface area (Å²) in [6.45, 7) is 11.8. The first-order valence-electron chi connectivity index (χ1n) is 10.1. The van der Waals surface area contributed by atoms with Gasteiger partial charge in [0, 0.05) is 54.8 Å². The van der Waals surface area contributed by atoms with Crippen LogP contribution in [0.2, 0.25) is 0 Å².